The molecule has 0 saturated heterocycles. The van der Waals surface area contributed by atoms with E-state index in [9.17, 15) is 14.0 Å². The van der Waals surface area contributed by atoms with Crippen molar-refractivity contribution in [3.63, 3.8) is 0 Å². The van der Waals surface area contributed by atoms with Gasteiger partial charge < -0.3 is 10.6 Å². The van der Waals surface area contributed by atoms with Crippen LogP contribution in [0.25, 0.3) is 0 Å². The Morgan fingerprint density at radius 2 is 1.69 bits per heavy atom. The van der Waals surface area contributed by atoms with E-state index < -0.39 is 6.17 Å². The van der Waals surface area contributed by atoms with E-state index in [0.29, 0.717) is 16.1 Å². The number of aryl methyl sites for hydroxylation is 1. The number of hydrogen-bond acceptors (Lipinski definition) is 4. The fourth-order valence-electron chi connectivity index (χ4n) is 2.37. The first kappa shape index (κ1) is 17.8. The molecule has 3 rings (SSSR count). The maximum Gasteiger partial charge on any atom is 0.263 e. The highest BCUT2D eigenvalue weighted by Crippen LogP contribution is 2.14. The van der Waals surface area contributed by atoms with Gasteiger partial charge >= 0.3 is 0 Å². The van der Waals surface area contributed by atoms with Crippen molar-refractivity contribution < 1.29 is 14.0 Å². The lowest BCUT2D eigenvalue weighted by Crippen LogP contribution is -2.46. The van der Waals surface area contributed by atoms with Crippen molar-refractivity contribution in [3.8, 4) is 0 Å². The topological polar surface area (TPSA) is 58.2 Å². The van der Waals surface area contributed by atoms with Gasteiger partial charge in [-0.2, -0.15) is 0 Å². The van der Waals surface area contributed by atoms with Crippen LogP contribution in [0.2, 0.25) is 0 Å². The molecule has 3 aromatic rings. The van der Waals surface area contributed by atoms with Crippen LogP contribution in [0, 0.1) is 12.7 Å². The van der Waals surface area contributed by atoms with Crippen LogP contribution >= 0.6 is 11.3 Å². The van der Waals surface area contributed by atoms with Crippen molar-refractivity contribution >= 4 is 28.7 Å². The summed E-state index contributed by atoms with van der Waals surface area (Å²) in [6.45, 7) is 1.93. The van der Waals surface area contributed by atoms with Gasteiger partial charge in [0.15, 0.2) is 6.17 Å². The third-order valence-corrected chi connectivity index (χ3v) is 4.64. The molecule has 0 spiro atoms. The lowest BCUT2D eigenvalue weighted by atomic mass is 10.1. The zero-order chi connectivity index (χ0) is 18.5. The Morgan fingerprint density at radius 3 is 2.31 bits per heavy atom. The van der Waals surface area contributed by atoms with Crippen LogP contribution in [0.5, 0.6) is 0 Å². The number of nitrogens with one attached hydrogen (secondary N) is 2. The molecule has 2 aromatic carbocycles. The minimum Gasteiger partial charge on any atom is -0.359 e. The van der Waals surface area contributed by atoms with Gasteiger partial charge in [0.25, 0.3) is 5.91 Å². The lowest BCUT2D eigenvalue weighted by Gasteiger charge is -2.20. The molecule has 6 heteroatoms. The maximum atomic E-state index is 13.1. The second-order valence-electron chi connectivity index (χ2n) is 5.77. The van der Waals surface area contributed by atoms with Crippen molar-refractivity contribution in [3.05, 3.63) is 87.9 Å². The minimum absolute atomic E-state index is 0.278. The van der Waals surface area contributed by atoms with E-state index in [1.54, 1.807) is 29.6 Å². The molecule has 132 valence electrons. The van der Waals surface area contributed by atoms with Crippen molar-refractivity contribution in [1.29, 1.82) is 0 Å². The van der Waals surface area contributed by atoms with Gasteiger partial charge in [0.1, 0.15) is 5.82 Å². The number of carbonyl (C=O) groups excluding carboxylic acids is 2. The second-order valence-corrected chi connectivity index (χ2v) is 6.71. The highest BCUT2D eigenvalue weighted by molar-refractivity contribution is 7.12. The number of amides is 1. The number of thiophene rings is 1. The molecule has 0 bridgehead atoms. The SMILES string of the molecule is Cc1ccc(C(=O)[C@@H](NC(=O)c2cccs2)Nc2ccc(F)cc2)cc1. The normalized spacial score (nSPS) is 11.6. The van der Waals surface area contributed by atoms with Gasteiger partial charge in [-0.3, -0.25) is 9.59 Å². The van der Waals surface area contributed by atoms with E-state index >= 15 is 0 Å². The molecule has 0 aliphatic carbocycles. The quantitative estimate of drug-likeness (QED) is 0.505. The van der Waals surface area contributed by atoms with Crippen LogP contribution in [-0.4, -0.2) is 17.9 Å². The summed E-state index contributed by atoms with van der Waals surface area (Å²) in [4.78, 5) is 25.8. The molecule has 0 radical (unpaired) electrons. The summed E-state index contributed by atoms with van der Waals surface area (Å²) in [6.07, 6.45) is -0.974. The van der Waals surface area contributed by atoms with E-state index in [-0.39, 0.29) is 17.5 Å². The first-order valence-corrected chi connectivity index (χ1v) is 8.88. The fourth-order valence-corrected chi connectivity index (χ4v) is 3.00. The number of halogens is 1. The Hall–Kier alpha value is -2.99. The van der Waals surface area contributed by atoms with Gasteiger partial charge in [-0.05, 0) is 42.6 Å². The number of Topliss-reactive ketones (excluding diaryl/α,β-unsaturated/α-hetero) is 1. The Kier molecular flexibility index (Phi) is 5.43. The third kappa shape index (κ3) is 4.34. The Bertz CT molecular complexity index is 891. The Labute approximate surface area is 154 Å². The third-order valence-electron chi connectivity index (χ3n) is 3.77. The van der Waals surface area contributed by atoms with E-state index in [2.05, 4.69) is 10.6 Å². The highest BCUT2D eigenvalue weighted by atomic mass is 32.1. The molecule has 4 nitrogen and oxygen atoms in total. The summed E-state index contributed by atoms with van der Waals surface area (Å²) < 4.78 is 13.1. The van der Waals surface area contributed by atoms with Crippen molar-refractivity contribution in [2.24, 2.45) is 0 Å². The fraction of sp³-hybridized carbons (Fsp3) is 0.100. The molecule has 1 atom stereocenters. The minimum atomic E-state index is -0.974. The summed E-state index contributed by atoms with van der Waals surface area (Å²) in [6, 6.07) is 16.2. The van der Waals surface area contributed by atoms with Crippen molar-refractivity contribution in [2.45, 2.75) is 13.1 Å². The smallest absolute Gasteiger partial charge is 0.263 e. The molecular weight excluding hydrogens is 351 g/mol. The average Bonchev–Trinajstić information content (AvgIpc) is 3.18. The molecule has 1 amide bonds. The van der Waals surface area contributed by atoms with Gasteiger partial charge in [-0.1, -0.05) is 35.9 Å². The predicted molar refractivity (Wildman–Crippen MR) is 101 cm³/mol. The molecule has 0 unspecified atom stereocenters. The molecule has 0 aliphatic heterocycles. The van der Waals surface area contributed by atoms with Crippen LogP contribution in [0.3, 0.4) is 0 Å². The van der Waals surface area contributed by atoms with E-state index in [1.807, 2.05) is 19.1 Å². The largest absolute Gasteiger partial charge is 0.359 e. The molecule has 0 saturated carbocycles. The van der Waals surface area contributed by atoms with Crippen LogP contribution in [0.15, 0.2) is 66.0 Å². The number of benzene rings is 2. The maximum absolute atomic E-state index is 13.1. The van der Waals surface area contributed by atoms with Crippen LogP contribution < -0.4 is 10.6 Å². The number of ketones is 1. The zero-order valence-electron chi connectivity index (χ0n) is 14.0. The summed E-state index contributed by atoms with van der Waals surface area (Å²) >= 11 is 1.29. The Balaban J connectivity index is 1.84. The van der Waals surface area contributed by atoms with E-state index in [0.717, 1.165) is 5.56 Å². The van der Waals surface area contributed by atoms with Gasteiger partial charge in [-0.15, -0.1) is 11.3 Å². The molecule has 0 fully saturated rings. The highest BCUT2D eigenvalue weighted by Gasteiger charge is 2.23. The van der Waals surface area contributed by atoms with Gasteiger partial charge in [0, 0.05) is 11.3 Å². The molecule has 1 heterocycles. The number of carbonyl (C=O) groups is 2. The second kappa shape index (κ2) is 7.93. The summed E-state index contributed by atoms with van der Waals surface area (Å²) in [5, 5.41) is 7.47. The van der Waals surface area contributed by atoms with Gasteiger partial charge in [-0.25, -0.2) is 4.39 Å². The predicted octanol–water partition coefficient (Wildman–Crippen LogP) is 4.25. The van der Waals surface area contributed by atoms with Crippen LogP contribution in [0.1, 0.15) is 25.6 Å². The van der Waals surface area contributed by atoms with E-state index in [1.165, 1.54) is 35.6 Å². The zero-order valence-corrected chi connectivity index (χ0v) is 14.8. The standard InChI is InChI=1S/C20H17FN2O2S/c1-13-4-6-14(7-5-13)18(24)19(22-16-10-8-15(21)9-11-16)23-20(25)17-3-2-12-26-17/h2-12,19,22H,1H3,(H,23,25)/t19-/m1/s1. The van der Waals surface area contributed by atoms with Gasteiger partial charge in [0.05, 0.1) is 4.88 Å². The summed E-state index contributed by atoms with van der Waals surface area (Å²) in [5.74, 6) is -1.00. The average molecular weight is 368 g/mol. The Morgan fingerprint density at radius 1 is 1.00 bits per heavy atom. The van der Waals surface area contributed by atoms with Crippen LogP contribution in [0.4, 0.5) is 10.1 Å². The van der Waals surface area contributed by atoms with Crippen molar-refractivity contribution in [1.82, 2.24) is 5.32 Å². The first-order chi connectivity index (χ1) is 12.5. The van der Waals surface area contributed by atoms with E-state index in [4.69, 9.17) is 0 Å². The number of anilines is 1. The lowest BCUT2D eigenvalue weighted by molar-refractivity contribution is 0.0872. The number of rotatable bonds is 6. The van der Waals surface area contributed by atoms with Gasteiger partial charge in [0.2, 0.25) is 5.78 Å². The summed E-state index contributed by atoms with van der Waals surface area (Å²) in [7, 11) is 0. The van der Waals surface area contributed by atoms with Crippen molar-refractivity contribution in [2.75, 3.05) is 5.32 Å². The first-order valence-electron chi connectivity index (χ1n) is 8.00. The molecule has 1 aromatic heterocycles. The molecular formula is C20H17FN2O2S. The van der Waals surface area contributed by atoms with Crippen LogP contribution in [-0.2, 0) is 0 Å². The summed E-state index contributed by atoms with van der Waals surface area (Å²) in [5.41, 5.74) is 2.04. The monoisotopic (exact) mass is 368 g/mol. The molecule has 26 heavy (non-hydrogen) atoms. The molecule has 2 N–H and O–H groups in total. The number of hydrogen-bond donors (Lipinski definition) is 2. The molecule has 0 aliphatic rings.